The van der Waals surface area contributed by atoms with Crippen molar-refractivity contribution in [2.75, 3.05) is 33.5 Å². The summed E-state index contributed by atoms with van der Waals surface area (Å²) in [6.45, 7) is 1.75. The Bertz CT molecular complexity index is 491. The van der Waals surface area contributed by atoms with E-state index in [1.54, 1.807) is 13.2 Å². The van der Waals surface area contributed by atoms with Crippen molar-refractivity contribution in [1.29, 1.82) is 0 Å². The second-order valence-corrected chi connectivity index (χ2v) is 5.09. The Balaban J connectivity index is 1.58. The van der Waals surface area contributed by atoms with E-state index in [-0.39, 0.29) is 24.5 Å². The molecule has 1 atom stereocenters. The fourth-order valence-electron chi connectivity index (χ4n) is 2.20. The van der Waals surface area contributed by atoms with Crippen LogP contribution in [-0.2, 0) is 25.4 Å². The number of esters is 1. The first kappa shape index (κ1) is 16.7. The molecule has 2 rings (SSSR count). The van der Waals surface area contributed by atoms with Crippen molar-refractivity contribution in [2.45, 2.75) is 25.4 Å². The molecule has 5 nitrogen and oxygen atoms in total. The highest BCUT2D eigenvalue weighted by molar-refractivity contribution is 5.69. The Morgan fingerprint density at radius 2 is 2.23 bits per heavy atom. The van der Waals surface area contributed by atoms with E-state index in [1.807, 2.05) is 0 Å². The van der Waals surface area contributed by atoms with Crippen molar-refractivity contribution >= 4 is 5.97 Å². The smallest absolute Gasteiger partial charge is 0.306 e. The second-order valence-electron chi connectivity index (χ2n) is 5.09. The van der Waals surface area contributed by atoms with Gasteiger partial charge in [0.25, 0.3) is 0 Å². The molecule has 0 saturated carbocycles. The summed E-state index contributed by atoms with van der Waals surface area (Å²) < 4.78 is 34.0. The fraction of sp³-hybridized carbons (Fsp3) is 0.562. The van der Waals surface area contributed by atoms with Crippen molar-refractivity contribution in [3.63, 3.8) is 0 Å². The van der Waals surface area contributed by atoms with Crippen LogP contribution in [0.1, 0.15) is 18.4 Å². The molecule has 0 unspecified atom stereocenters. The maximum absolute atomic E-state index is 13.1. The van der Waals surface area contributed by atoms with Gasteiger partial charge in [-0.05, 0) is 24.6 Å². The van der Waals surface area contributed by atoms with E-state index in [0.29, 0.717) is 44.8 Å². The van der Waals surface area contributed by atoms with E-state index in [9.17, 15) is 9.18 Å². The zero-order chi connectivity index (χ0) is 15.8. The van der Waals surface area contributed by atoms with E-state index in [0.717, 1.165) is 5.56 Å². The predicted molar refractivity (Wildman–Crippen MR) is 77.4 cm³/mol. The molecule has 122 valence electrons. The molecule has 22 heavy (non-hydrogen) atoms. The van der Waals surface area contributed by atoms with Gasteiger partial charge in [-0.1, -0.05) is 0 Å². The highest BCUT2D eigenvalue weighted by Crippen LogP contribution is 2.29. The number of rotatable bonds is 9. The zero-order valence-corrected chi connectivity index (χ0v) is 12.7. The Labute approximate surface area is 129 Å². The van der Waals surface area contributed by atoms with Crippen molar-refractivity contribution in [3.8, 4) is 5.75 Å². The van der Waals surface area contributed by atoms with Crippen LogP contribution in [0.2, 0.25) is 0 Å². The molecule has 0 bridgehead atoms. The molecular weight excluding hydrogens is 291 g/mol. The number of hydrogen-bond donors (Lipinski definition) is 0. The van der Waals surface area contributed by atoms with Crippen LogP contribution in [0.15, 0.2) is 18.2 Å². The van der Waals surface area contributed by atoms with E-state index >= 15 is 0 Å². The summed E-state index contributed by atoms with van der Waals surface area (Å²) in [5.74, 6) is 0.100. The third kappa shape index (κ3) is 5.27. The van der Waals surface area contributed by atoms with Crippen LogP contribution in [-0.4, -0.2) is 45.6 Å². The monoisotopic (exact) mass is 312 g/mol. The first-order valence-corrected chi connectivity index (χ1v) is 7.36. The molecule has 1 heterocycles. The first-order chi connectivity index (χ1) is 10.7. The lowest BCUT2D eigenvalue weighted by Gasteiger charge is -2.11. The Morgan fingerprint density at radius 3 is 3.05 bits per heavy atom. The van der Waals surface area contributed by atoms with Gasteiger partial charge in [0.05, 0.1) is 13.2 Å². The SMILES string of the molecule is COCCOCCCC(=O)OC[C@@H]1Cc2cc(F)ccc2O1. The van der Waals surface area contributed by atoms with Crippen molar-refractivity contribution in [1.82, 2.24) is 0 Å². The lowest BCUT2D eigenvalue weighted by Crippen LogP contribution is -2.23. The van der Waals surface area contributed by atoms with Gasteiger partial charge in [-0.15, -0.1) is 0 Å². The number of benzene rings is 1. The number of halogens is 1. The third-order valence-electron chi connectivity index (χ3n) is 3.30. The quantitative estimate of drug-likeness (QED) is 0.516. The van der Waals surface area contributed by atoms with Crippen molar-refractivity contribution in [2.24, 2.45) is 0 Å². The van der Waals surface area contributed by atoms with Gasteiger partial charge >= 0.3 is 5.97 Å². The molecule has 1 aliphatic rings. The number of ether oxygens (including phenoxy) is 4. The normalized spacial score (nSPS) is 16.2. The number of hydrogen-bond acceptors (Lipinski definition) is 5. The van der Waals surface area contributed by atoms with E-state index in [4.69, 9.17) is 18.9 Å². The predicted octanol–water partition coefficient (Wildman–Crippen LogP) is 2.12. The average Bonchev–Trinajstić information content (AvgIpc) is 2.90. The lowest BCUT2D eigenvalue weighted by molar-refractivity contribution is -0.146. The fourth-order valence-corrected chi connectivity index (χ4v) is 2.20. The minimum atomic E-state index is -0.284. The molecule has 0 amide bonds. The highest BCUT2D eigenvalue weighted by Gasteiger charge is 2.24. The van der Waals surface area contributed by atoms with Crippen LogP contribution in [0.25, 0.3) is 0 Å². The molecule has 1 aromatic carbocycles. The van der Waals surface area contributed by atoms with Gasteiger partial charge in [0.15, 0.2) is 0 Å². The summed E-state index contributed by atoms with van der Waals surface area (Å²) >= 11 is 0. The molecule has 0 saturated heterocycles. The second kappa shape index (κ2) is 8.70. The summed E-state index contributed by atoms with van der Waals surface area (Å²) in [6.07, 6.45) is 1.24. The first-order valence-electron chi connectivity index (χ1n) is 7.36. The molecule has 0 aromatic heterocycles. The van der Waals surface area contributed by atoms with Gasteiger partial charge < -0.3 is 18.9 Å². The summed E-state index contributed by atoms with van der Waals surface area (Å²) in [5, 5.41) is 0. The van der Waals surface area contributed by atoms with Crippen LogP contribution in [0.5, 0.6) is 5.75 Å². The summed E-state index contributed by atoms with van der Waals surface area (Å²) in [6, 6.07) is 4.41. The Morgan fingerprint density at radius 1 is 1.36 bits per heavy atom. The van der Waals surface area contributed by atoms with Crippen molar-refractivity contribution < 1.29 is 28.1 Å². The molecule has 1 aromatic rings. The number of fused-ring (bicyclic) bond motifs is 1. The molecule has 0 spiro atoms. The molecule has 1 aliphatic heterocycles. The number of methoxy groups -OCH3 is 1. The van der Waals surface area contributed by atoms with Crippen LogP contribution in [0.4, 0.5) is 4.39 Å². The van der Waals surface area contributed by atoms with Crippen LogP contribution >= 0.6 is 0 Å². The van der Waals surface area contributed by atoms with Crippen LogP contribution < -0.4 is 4.74 Å². The third-order valence-corrected chi connectivity index (χ3v) is 3.30. The summed E-state index contributed by atoms with van der Waals surface area (Å²) in [5.41, 5.74) is 0.813. The van der Waals surface area contributed by atoms with Gasteiger partial charge in [0.1, 0.15) is 24.3 Å². The largest absolute Gasteiger partial charge is 0.486 e. The average molecular weight is 312 g/mol. The van der Waals surface area contributed by atoms with Gasteiger partial charge in [0.2, 0.25) is 0 Å². The maximum Gasteiger partial charge on any atom is 0.306 e. The van der Waals surface area contributed by atoms with E-state index in [1.165, 1.54) is 12.1 Å². The van der Waals surface area contributed by atoms with Gasteiger partial charge in [0, 0.05) is 32.1 Å². The molecule has 0 N–H and O–H groups in total. The molecule has 0 fully saturated rings. The molecule has 6 heteroatoms. The summed E-state index contributed by atoms with van der Waals surface area (Å²) in [7, 11) is 1.61. The number of carbonyl (C=O) groups is 1. The molecule has 0 radical (unpaired) electrons. The molecular formula is C16H21FO5. The highest BCUT2D eigenvalue weighted by atomic mass is 19.1. The standard InChI is InChI=1S/C16H21FO5/c1-19-7-8-20-6-2-3-16(18)21-11-14-10-12-9-13(17)4-5-15(12)22-14/h4-5,9,14H,2-3,6-8,10-11H2,1H3/t14-/m0/s1. The van der Waals surface area contributed by atoms with E-state index in [2.05, 4.69) is 0 Å². The molecule has 0 aliphatic carbocycles. The maximum atomic E-state index is 13.1. The minimum absolute atomic E-state index is 0.180. The van der Waals surface area contributed by atoms with Gasteiger partial charge in [-0.2, -0.15) is 0 Å². The Hall–Kier alpha value is -1.66. The minimum Gasteiger partial charge on any atom is -0.486 e. The zero-order valence-electron chi connectivity index (χ0n) is 12.7. The van der Waals surface area contributed by atoms with E-state index < -0.39 is 0 Å². The van der Waals surface area contributed by atoms with Crippen molar-refractivity contribution in [3.05, 3.63) is 29.6 Å². The van der Waals surface area contributed by atoms with Crippen LogP contribution in [0.3, 0.4) is 0 Å². The topological polar surface area (TPSA) is 54.0 Å². The van der Waals surface area contributed by atoms with Gasteiger partial charge in [-0.25, -0.2) is 4.39 Å². The van der Waals surface area contributed by atoms with Crippen LogP contribution in [0, 0.1) is 5.82 Å². The lowest BCUT2D eigenvalue weighted by atomic mass is 10.1. The number of carbonyl (C=O) groups excluding carboxylic acids is 1. The van der Waals surface area contributed by atoms with Gasteiger partial charge in [-0.3, -0.25) is 4.79 Å². The Kier molecular flexibility index (Phi) is 6.61. The summed E-state index contributed by atoms with van der Waals surface area (Å²) in [4.78, 5) is 11.6.